The summed E-state index contributed by atoms with van der Waals surface area (Å²) in [5.41, 5.74) is 3.88. The van der Waals surface area contributed by atoms with Crippen LogP contribution in [-0.2, 0) is 14.3 Å². The van der Waals surface area contributed by atoms with Gasteiger partial charge in [-0.05, 0) is 67.3 Å². The molecule has 1 aliphatic heterocycles. The Balaban J connectivity index is 1.61. The maximum absolute atomic E-state index is 14.2. The van der Waals surface area contributed by atoms with Crippen molar-refractivity contribution in [2.75, 3.05) is 13.2 Å². The molecule has 1 heterocycles. The first-order valence-electron chi connectivity index (χ1n) is 10.5. The number of ketones is 2. The third-order valence-corrected chi connectivity index (χ3v) is 6.48. The molecule has 4 heteroatoms. The van der Waals surface area contributed by atoms with Crippen LogP contribution in [-0.4, -0.2) is 24.8 Å². The summed E-state index contributed by atoms with van der Waals surface area (Å²) in [4.78, 5) is 26.0. The molecule has 0 amide bonds. The Bertz CT molecular complexity index is 920. The van der Waals surface area contributed by atoms with Gasteiger partial charge in [-0.25, -0.2) is 4.39 Å². The van der Waals surface area contributed by atoms with Crippen molar-refractivity contribution in [3.63, 3.8) is 0 Å². The maximum atomic E-state index is 14.2. The predicted molar refractivity (Wildman–Crippen MR) is 110 cm³/mol. The molecule has 152 valence electrons. The van der Waals surface area contributed by atoms with Crippen LogP contribution < -0.4 is 0 Å². The molecule has 0 radical (unpaired) electrons. The van der Waals surface area contributed by atoms with Crippen molar-refractivity contribution in [2.24, 2.45) is 11.8 Å². The molecule has 2 fully saturated rings. The van der Waals surface area contributed by atoms with Crippen LogP contribution in [0.2, 0.25) is 0 Å². The third kappa shape index (κ3) is 3.91. The van der Waals surface area contributed by atoms with Gasteiger partial charge in [0, 0.05) is 31.1 Å². The second-order valence-electron chi connectivity index (χ2n) is 8.50. The van der Waals surface area contributed by atoms with Gasteiger partial charge >= 0.3 is 0 Å². The van der Waals surface area contributed by atoms with Gasteiger partial charge in [-0.1, -0.05) is 30.3 Å². The van der Waals surface area contributed by atoms with E-state index in [4.69, 9.17) is 4.74 Å². The van der Waals surface area contributed by atoms with Gasteiger partial charge in [-0.2, -0.15) is 0 Å². The first kappa shape index (κ1) is 20.0. The van der Waals surface area contributed by atoms with Crippen LogP contribution in [0, 0.1) is 31.5 Å². The van der Waals surface area contributed by atoms with E-state index in [1.54, 1.807) is 12.1 Å². The maximum Gasteiger partial charge on any atom is 0.151 e. The van der Waals surface area contributed by atoms with Crippen LogP contribution in [0.25, 0.3) is 11.1 Å². The Morgan fingerprint density at radius 1 is 1.03 bits per heavy atom. The van der Waals surface area contributed by atoms with Crippen molar-refractivity contribution >= 4 is 11.6 Å². The Kier molecular flexibility index (Phi) is 5.64. The zero-order valence-corrected chi connectivity index (χ0v) is 17.0. The van der Waals surface area contributed by atoms with Gasteiger partial charge in [0.25, 0.3) is 0 Å². The topological polar surface area (TPSA) is 43.4 Å². The zero-order valence-electron chi connectivity index (χ0n) is 17.0. The van der Waals surface area contributed by atoms with Crippen molar-refractivity contribution < 1.29 is 18.7 Å². The summed E-state index contributed by atoms with van der Waals surface area (Å²) in [6, 6.07) is 10.5. The molecule has 3 nitrogen and oxygen atoms in total. The number of ether oxygens (including phenoxy) is 1. The lowest BCUT2D eigenvalue weighted by Crippen LogP contribution is -2.22. The van der Waals surface area contributed by atoms with Gasteiger partial charge in [-0.15, -0.1) is 0 Å². The monoisotopic (exact) mass is 394 g/mol. The molecule has 2 aromatic carbocycles. The van der Waals surface area contributed by atoms with Crippen LogP contribution in [0.4, 0.5) is 4.39 Å². The Morgan fingerprint density at radius 3 is 2.34 bits per heavy atom. The second kappa shape index (κ2) is 8.19. The number of hydrogen-bond donors (Lipinski definition) is 0. The Hall–Kier alpha value is -2.33. The van der Waals surface area contributed by atoms with Crippen molar-refractivity contribution in [3.8, 4) is 11.1 Å². The number of rotatable bonds is 4. The van der Waals surface area contributed by atoms with Gasteiger partial charge in [0.1, 0.15) is 17.5 Å². The minimum absolute atomic E-state index is 0.0249. The van der Waals surface area contributed by atoms with Crippen molar-refractivity contribution in [1.82, 2.24) is 0 Å². The lowest BCUT2D eigenvalue weighted by atomic mass is 9.83. The Labute approximate surface area is 171 Å². The molecular formula is C25H27FO3. The average molecular weight is 394 g/mol. The van der Waals surface area contributed by atoms with E-state index in [9.17, 15) is 14.0 Å². The number of benzene rings is 2. The van der Waals surface area contributed by atoms with E-state index in [1.165, 1.54) is 6.07 Å². The summed E-state index contributed by atoms with van der Waals surface area (Å²) in [5, 5.41) is 0. The molecule has 2 aromatic rings. The standard InChI is InChI=1S/C25H27FO3/c1-15-11-18(20-5-3-4-6-21(20)26)12-16(2)23(15)24-22(27)14-19(25(24)28)13-17-7-9-29-10-8-17/h3-6,11-12,17,19,24H,7-10,13-14H2,1-2H3. The van der Waals surface area contributed by atoms with Crippen molar-refractivity contribution in [2.45, 2.75) is 45.4 Å². The van der Waals surface area contributed by atoms with E-state index < -0.39 is 5.92 Å². The normalized spacial score (nSPS) is 23.0. The average Bonchev–Trinajstić information content (AvgIpc) is 2.96. The minimum atomic E-state index is -0.672. The molecular weight excluding hydrogens is 367 g/mol. The number of aryl methyl sites for hydroxylation is 2. The summed E-state index contributed by atoms with van der Waals surface area (Å²) in [6.45, 7) is 5.33. The highest BCUT2D eigenvalue weighted by molar-refractivity contribution is 6.15. The molecule has 4 rings (SSSR count). The van der Waals surface area contributed by atoms with Gasteiger partial charge in [0.05, 0.1) is 0 Å². The van der Waals surface area contributed by atoms with Crippen LogP contribution >= 0.6 is 0 Å². The van der Waals surface area contributed by atoms with E-state index in [2.05, 4.69) is 0 Å². The SMILES string of the molecule is Cc1cc(-c2ccccc2F)cc(C)c1C1C(=O)CC(CC2CCOCC2)C1=O. The van der Waals surface area contributed by atoms with Crippen molar-refractivity contribution in [3.05, 3.63) is 58.9 Å². The third-order valence-electron chi connectivity index (χ3n) is 6.48. The highest BCUT2D eigenvalue weighted by atomic mass is 19.1. The first-order chi connectivity index (χ1) is 14.0. The molecule has 0 aromatic heterocycles. The molecule has 0 N–H and O–H groups in total. The smallest absolute Gasteiger partial charge is 0.151 e. The lowest BCUT2D eigenvalue weighted by Gasteiger charge is -2.24. The van der Waals surface area contributed by atoms with Gasteiger partial charge in [-0.3, -0.25) is 9.59 Å². The molecule has 1 aliphatic carbocycles. The first-order valence-corrected chi connectivity index (χ1v) is 10.5. The van der Waals surface area contributed by atoms with Gasteiger partial charge in [0.2, 0.25) is 0 Å². The fraction of sp³-hybridized carbons (Fsp3) is 0.440. The summed E-state index contributed by atoms with van der Waals surface area (Å²) in [6.07, 6.45) is 3.07. The minimum Gasteiger partial charge on any atom is -0.381 e. The van der Waals surface area contributed by atoms with Crippen LogP contribution in [0.1, 0.15) is 48.3 Å². The molecule has 0 spiro atoms. The van der Waals surface area contributed by atoms with E-state index >= 15 is 0 Å². The highest BCUT2D eigenvalue weighted by Crippen LogP contribution is 2.40. The number of halogens is 1. The van der Waals surface area contributed by atoms with E-state index in [0.717, 1.165) is 54.7 Å². The molecule has 2 aliphatic rings. The van der Waals surface area contributed by atoms with Crippen LogP contribution in [0.15, 0.2) is 36.4 Å². The fourth-order valence-electron chi connectivity index (χ4n) is 5.02. The number of Topliss-reactive ketones (excluding diaryl/α,β-unsaturated/α-hetero) is 2. The summed E-state index contributed by atoms with van der Waals surface area (Å²) in [5.74, 6) is -0.572. The number of carbonyl (C=O) groups is 2. The van der Waals surface area contributed by atoms with E-state index in [1.807, 2.05) is 32.0 Å². The zero-order chi connectivity index (χ0) is 20.5. The predicted octanol–water partition coefficient (Wildman–Crippen LogP) is 5.17. The molecule has 29 heavy (non-hydrogen) atoms. The highest BCUT2D eigenvalue weighted by Gasteiger charge is 2.43. The summed E-state index contributed by atoms with van der Waals surface area (Å²) in [7, 11) is 0. The largest absolute Gasteiger partial charge is 0.381 e. The van der Waals surface area contributed by atoms with Crippen molar-refractivity contribution in [1.29, 1.82) is 0 Å². The molecule has 0 bridgehead atoms. The van der Waals surface area contributed by atoms with E-state index in [0.29, 0.717) is 17.9 Å². The molecule has 2 unspecified atom stereocenters. The molecule has 1 saturated heterocycles. The Morgan fingerprint density at radius 2 is 1.69 bits per heavy atom. The van der Waals surface area contributed by atoms with Gasteiger partial charge < -0.3 is 4.74 Å². The molecule has 2 atom stereocenters. The number of hydrogen-bond acceptors (Lipinski definition) is 3. The lowest BCUT2D eigenvalue weighted by molar-refractivity contribution is -0.125. The van der Waals surface area contributed by atoms with Crippen LogP contribution in [0.3, 0.4) is 0 Å². The van der Waals surface area contributed by atoms with Gasteiger partial charge in [0.15, 0.2) is 5.78 Å². The van der Waals surface area contributed by atoms with Crippen LogP contribution in [0.5, 0.6) is 0 Å². The molecule has 1 saturated carbocycles. The quantitative estimate of drug-likeness (QED) is 0.672. The summed E-state index contributed by atoms with van der Waals surface area (Å²) < 4.78 is 19.6. The van der Waals surface area contributed by atoms with E-state index in [-0.39, 0.29) is 23.3 Å². The summed E-state index contributed by atoms with van der Waals surface area (Å²) >= 11 is 0. The fourth-order valence-corrected chi connectivity index (χ4v) is 5.02. The second-order valence-corrected chi connectivity index (χ2v) is 8.50. The number of carbonyl (C=O) groups excluding carboxylic acids is 2.